The van der Waals surface area contributed by atoms with Crippen LogP contribution in [-0.2, 0) is 30.6 Å². The van der Waals surface area contributed by atoms with Gasteiger partial charge in [-0.2, -0.15) is 23.4 Å². The third-order valence-electron chi connectivity index (χ3n) is 7.19. The number of fused-ring (bicyclic) bond motifs is 1. The largest absolute Gasteiger partial charge is 0.416 e. The van der Waals surface area contributed by atoms with E-state index in [1.165, 1.54) is 12.1 Å². The molecule has 2 aromatic heterocycles. The minimum absolute atomic E-state index is 0.0681. The number of rotatable bonds is 5. The van der Waals surface area contributed by atoms with Gasteiger partial charge in [0.15, 0.2) is 5.69 Å². The Hall–Kier alpha value is -3.92. The first-order chi connectivity index (χ1) is 18.4. The minimum Gasteiger partial charge on any atom is -0.373 e. The molecule has 0 radical (unpaired) electrons. The second kappa shape index (κ2) is 9.75. The predicted molar refractivity (Wildman–Crippen MR) is 134 cm³/mol. The van der Waals surface area contributed by atoms with Gasteiger partial charge < -0.3 is 9.64 Å². The number of hydrogen-bond acceptors (Lipinski definition) is 4. The second-order valence-electron chi connectivity index (χ2n) is 9.60. The molecular weight excluding hydrogens is 495 g/mol. The van der Waals surface area contributed by atoms with E-state index in [1.54, 1.807) is 16.9 Å². The van der Waals surface area contributed by atoms with Crippen LogP contribution in [0.5, 0.6) is 0 Å². The Kier molecular flexibility index (Phi) is 6.27. The van der Waals surface area contributed by atoms with E-state index in [2.05, 4.69) is 5.10 Å². The monoisotopic (exact) mass is 521 g/mol. The Morgan fingerprint density at radius 1 is 0.974 bits per heavy atom. The maximum Gasteiger partial charge on any atom is 0.416 e. The summed E-state index contributed by atoms with van der Waals surface area (Å²) in [7, 11) is 0. The van der Waals surface area contributed by atoms with E-state index in [4.69, 9.17) is 9.84 Å². The van der Waals surface area contributed by atoms with Gasteiger partial charge in [0.25, 0.3) is 5.91 Å². The summed E-state index contributed by atoms with van der Waals surface area (Å²) in [5.74, 6) is -0.108. The summed E-state index contributed by atoms with van der Waals surface area (Å²) in [6.07, 6.45) is -0.868. The van der Waals surface area contributed by atoms with E-state index >= 15 is 0 Å². The highest BCUT2D eigenvalue weighted by Crippen LogP contribution is 2.33. The molecule has 0 bridgehead atoms. The van der Waals surface area contributed by atoms with E-state index in [9.17, 15) is 18.0 Å². The highest BCUT2D eigenvalue weighted by atomic mass is 19.4. The SMILES string of the molecule is O=C(c1nn2c(c1-c1ccccc1)COCC2)N1CCC[C@H]1Cn1ccc(-c2ccc(C(F)(F)F)cc2)n1. The number of alkyl halides is 3. The first-order valence-electron chi connectivity index (χ1n) is 12.6. The molecule has 0 unspecified atom stereocenters. The van der Waals surface area contributed by atoms with Gasteiger partial charge in [0.1, 0.15) is 0 Å². The van der Waals surface area contributed by atoms with Crippen LogP contribution in [0, 0.1) is 0 Å². The number of aromatic nitrogens is 4. The fourth-order valence-corrected chi connectivity index (χ4v) is 5.30. The Balaban J connectivity index is 1.23. The zero-order valence-corrected chi connectivity index (χ0v) is 20.6. The van der Waals surface area contributed by atoms with Gasteiger partial charge in [-0.1, -0.05) is 42.5 Å². The molecular formula is C28H26F3N5O2. The van der Waals surface area contributed by atoms with Crippen LogP contribution in [0.25, 0.3) is 22.4 Å². The van der Waals surface area contributed by atoms with E-state index in [-0.39, 0.29) is 11.9 Å². The van der Waals surface area contributed by atoms with Crippen molar-refractivity contribution in [2.75, 3.05) is 13.2 Å². The van der Waals surface area contributed by atoms with Gasteiger partial charge in [0, 0.05) is 23.9 Å². The first kappa shape index (κ1) is 24.4. The van der Waals surface area contributed by atoms with Crippen LogP contribution < -0.4 is 0 Å². The minimum atomic E-state index is -4.38. The first-order valence-corrected chi connectivity index (χ1v) is 12.6. The summed E-state index contributed by atoms with van der Waals surface area (Å²) < 4.78 is 48.0. The summed E-state index contributed by atoms with van der Waals surface area (Å²) in [5.41, 5.74) is 3.61. The molecule has 1 amide bonds. The fraction of sp³-hybridized carbons (Fsp3) is 0.321. The van der Waals surface area contributed by atoms with Crippen molar-refractivity contribution in [3.05, 3.63) is 83.8 Å². The van der Waals surface area contributed by atoms with Crippen molar-refractivity contribution < 1.29 is 22.7 Å². The third kappa shape index (κ3) is 4.60. The van der Waals surface area contributed by atoms with Crippen molar-refractivity contribution in [3.63, 3.8) is 0 Å². The van der Waals surface area contributed by atoms with E-state index in [0.717, 1.165) is 41.8 Å². The lowest BCUT2D eigenvalue weighted by molar-refractivity contribution is -0.137. The number of halogens is 3. The molecule has 1 saturated heterocycles. The highest BCUT2D eigenvalue weighted by molar-refractivity contribution is 6.00. The Morgan fingerprint density at radius 2 is 1.76 bits per heavy atom. The molecule has 2 aliphatic rings. The number of hydrogen-bond donors (Lipinski definition) is 0. The van der Waals surface area contributed by atoms with Gasteiger partial charge in [-0.3, -0.25) is 14.2 Å². The van der Waals surface area contributed by atoms with E-state index in [0.29, 0.717) is 49.8 Å². The molecule has 0 N–H and O–H groups in total. The summed E-state index contributed by atoms with van der Waals surface area (Å²) in [4.78, 5) is 15.8. The lowest BCUT2D eigenvalue weighted by atomic mass is 10.0. The molecule has 196 valence electrons. The second-order valence-corrected chi connectivity index (χ2v) is 9.60. The van der Waals surface area contributed by atoms with Crippen molar-refractivity contribution >= 4 is 5.91 Å². The Labute approximate surface area is 217 Å². The van der Waals surface area contributed by atoms with Gasteiger partial charge in [0.2, 0.25) is 0 Å². The van der Waals surface area contributed by atoms with Gasteiger partial charge in [-0.25, -0.2) is 0 Å². The standard InChI is InChI=1S/C28H26F3N5O2/c29-28(30,31)21-10-8-19(9-11-21)23-12-14-34(32-23)17-22-7-4-13-35(22)27(37)26-25(20-5-2-1-3-6-20)24-18-38-16-15-36(24)33-26/h1-3,5-6,8-12,14,22H,4,7,13,15-18H2/t22-/m0/s1. The average molecular weight is 522 g/mol. The molecule has 1 atom stereocenters. The average Bonchev–Trinajstić information content (AvgIpc) is 3.67. The van der Waals surface area contributed by atoms with Crippen LogP contribution in [0.3, 0.4) is 0 Å². The fourth-order valence-electron chi connectivity index (χ4n) is 5.30. The maximum atomic E-state index is 13.9. The number of likely N-dealkylation sites (tertiary alicyclic amines) is 1. The zero-order valence-electron chi connectivity index (χ0n) is 20.6. The van der Waals surface area contributed by atoms with Crippen molar-refractivity contribution in [1.29, 1.82) is 0 Å². The van der Waals surface area contributed by atoms with Crippen molar-refractivity contribution in [2.45, 2.75) is 44.8 Å². The Morgan fingerprint density at radius 3 is 2.53 bits per heavy atom. The number of carbonyl (C=O) groups is 1. The van der Waals surface area contributed by atoms with E-state index in [1.807, 2.05) is 39.9 Å². The lowest BCUT2D eigenvalue weighted by Gasteiger charge is -2.24. The van der Waals surface area contributed by atoms with Gasteiger partial charge in [0.05, 0.1) is 49.3 Å². The number of amides is 1. The lowest BCUT2D eigenvalue weighted by Crippen LogP contribution is -2.38. The van der Waals surface area contributed by atoms with Crippen molar-refractivity contribution in [1.82, 2.24) is 24.5 Å². The number of ether oxygens (including phenoxy) is 1. The maximum absolute atomic E-state index is 13.9. The van der Waals surface area contributed by atoms with Crippen LogP contribution in [-0.4, -0.2) is 49.6 Å². The molecule has 10 heteroatoms. The Bertz CT molecular complexity index is 1440. The molecule has 4 aromatic rings. The zero-order chi connectivity index (χ0) is 26.3. The molecule has 1 fully saturated rings. The van der Waals surface area contributed by atoms with Gasteiger partial charge in [-0.05, 0) is 36.6 Å². The summed E-state index contributed by atoms with van der Waals surface area (Å²) in [6.45, 7) is 2.69. The van der Waals surface area contributed by atoms with Crippen molar-refractivity contribution in [2.24, 2.45) is 0 Å². The van der Waals surface area contributed by atoms with Crippen molar-refractivity contribution in [3.8, 4) is 22.4 Å². The number of benzene rings is 2. The molecule has 2 aromatic carbocycles. The van der Waals surface area contributed by atoms with Crippen LogP contribution in [0.4, 0.5) is 13.2 Å². The van der Waals surface area contributed by atoms with E-state index < -0.39 is 11.7 Å². The highest BCUT2D eigenvalue weighted by Gasteiger charge is 2.35. The number of carbonyl (C=O) groups excluding carboxylic acids is 1. The van der Waals surface area contributed by atoms with Crippen LogP contribution in [0.2, 0.25) is 0 Å². The third-order valence-corrected chi connectivity index (χ3v) is 7.19. The van der Waals surface area contributed by atoms with Gasteiger partial charge in [-0.15, -0.1) is 0 Å². The van der Waals surface area contributed by atoms with Crippen LogP contribution in [0.1, 0.15) is 34.6 Å². The molecule has 2 aliphatic heterocycles. The molecule has 0 saturated carbocycles. The van der Waals surface area contributed by atoms with Crippen LogP contribution in [0.15, 0.2) is 66.9 Å². The smallest absolute Gasteiger partial charge is 0.373 e. The molecule has 0 aliphatic carbocycles. The molecule has 0 spiro atoms. The molecule has 6 rings (SSSR count). The predicted octanol–water partition coefficient (Wildman–Crippen LogP) is 5.27. The summed E-state index contributed by atoms with van der Waals surface area (Å²) >= 11 is 0. The quantitative estimate of drug-likeness (QED) is 0.359. The normalized spacial score (nSPS) is 17.6. The summed E-state index contributed by atoms with van der Waals surface area (Å²) in [5, 5.41) is 9.31. The topological polar surface area (TPSA) is 65.2 Å². The number of nitrogens with zero attached hydrogens (tertiary/aromatic N) is 5. The van der Waals surface area contributed by atoms with Crippen LogP contribution >= 0.6 is 0 Å². The molecule has 38 heavy (non-hydrogen) atoms. The van der Waals surface area contributed by atoms with Gasteiger partial charge >= 0.3 is 6.18 Å². The summed E-state index contributed by atoms with van der Waals surface area (Å²) in [6, 6.07) is 16.5. The molecule has 7 nitrogen and oxygen atoms in total. The molecule has 4 heterocycles.